The number of ether oxygens (including phenoxy) is 6. The highest BCUT2D eigenvalue weighted by Gasteiger charge is 2.51. The molecule has 4 aromatic rings. The zero-order valence-corrected chi connectivity index (χ0v) is 26.1. The van der Waals surface area contributed by atoms with Crippen LogP contribution in [0.15, 0.2) is 121 Å². The molecule has 236 valence electrons. The fourth-order valence-electron chi connectivity index (χ4n) is 5.14. The Morgan fingerprint density at radius 2 is 1.09 bits per heavy atom. The van der Waals surface area contributed by atoms with E-state index in [-0.39, 0.29) is 13.2 Å². The van der Waals surface area contributed by atoms with E-state index in [0.29, 0.717) is 18.8 Å². The minimum atomic E-state index is -0.944. The van der Waals surface area contributed by atoms with Gasteiger partial charge < -0.3 is 28.4 Å². The quantitative estimate of drug-likeness (QED) is 0.149. The first-order chi connectivity index (χ1) is 21.9. The molecule has 0 bridgehead atoms. The fraction of sp³-hybridized carbons (Fsp3) is 0.342. The first-order valence-corrected chi connectivity index (χ1v) is 15.4. The van der Waals surface area contributed by atoms with Crippen molar-refractivity contribution in [2.75, 3.05) is 6.61 Å². The molecule has 1 saturated heterocycles. The second-order valence-electron chi connectivity index (χ2n) is 12.0. The van der Waals surface area contributed by atoms with Crippen LogP contribution in [0.4, 0.5) is 0 Å². The summed E-state index contributed by atoms with van der Waals surface area (Å²) in [6, 6.07) is 38.6. The van der Waals surface area contributed by atoms with Crippen molar-refractivity contribution in [1.29, 1.82) is 0 Å². The molecule has 0 aliphatic carbocycles. The van der Waals surface area contributed by atoms with Crippen LogP contribution in [-0.2, 0) is 48.2 Å². The summed E-state index contributed by atoms with van der Waals surface area (Å²) in [6.45, 7) is 7.00. The van der Waals surface area contributed by atoms with Crippen LogP contribution in [0.3, 0.4) is 0 Å². The molecule has 0 saturated carbocycles. The van der Waals surface area contributed by atoms with Crippen molar-refractivity contribution in [2.45, 2.75) is 76.9 Å². The van der Waals surface area contributed by atoms with Gasteiger partial charge in [0.25, 0.3) is 0 Å². The highest BCUT2D eigenvalue weighted by atomic mass is 16.7. The van der Waals surface area contributed by atoms with Crippen LogP contribution in [0.1, 0.15) is 47.8 Å². The lowest BCUT2D eigenvalue weighted by molar-refractivity contribution is -0.334. The van der Waals surface area contributed by atoms with E-state index in [9.17, 15) is 4.79 Å². The van der Waals surface area contributed by atoms with E-state index in [2.05, 4.69) is 0 Å². The zero-order chi connectivity index (χ0) is 31.5. The van der Waals surface area contributed by atoms with Gasteiger partial charge in [-0.2, -0.15) is 0 Å². The summed E-state index contributed by atoms with van der Waals surface area (Å²) in [5.41, 5.74) is 2.82. The van der Waals surface area contributed by atoms with E-state index >= 15 is 0 Å². The number of rotatable bonds is 13. The van der Waals surface area contributed by atoms with Gasteiger partial charge in [-0.1, -0.05) is 109 Å². The normalized spacial score (nSPS) is 21.7. The number of hydrogen-bond acceptors (Lipinski definition) is 7. The standard InChI is InChI=1S/C38H42O7/c1-38(2,3)45-37-35(44-36(39)31-22-14-7-15-23-31)34(42-26-30-20-12-6-13-21-30)33(41-25-29-18-10-5-11-19-29)32(43-37)27-40-24-28-16-8-4-9-17-28/h4-23,32-35,37H,24-27H2,1-3H3/t32?,33-,34?,35?,37+/m1/s1. The molecule has 1 fully saturated rings. The first-order valence-electron chi connectivity index (χ1n) is 15.4. The fourth-order valence-corrected chi connectivity index (χ4v) is 5.14. The van der Waals surface area contributed by atoms with E-state index < -0.39 is 42.3 Å². The predicted molar refractivity (Wildman–Crippen MR) is 171 cm³/mol. The predicted octanol–water partition coefficient (Wildman–Crippen LogP) is 7.14. The Morgan fingerprint density at radius 1 is 0.622 bits per heavy atom. The smallest absolute Gasteiger partial charge is 0.338 e. The lowest BCUT2D eigenvalue weighted by Gasteiger charge is -2.46. The van der Waals surface area contributed by atoms with Gasteiger partial charge >= 0.3 is 5.97 Å². The molecule has 1 aliphatic rings. The summed E-state index contributed by atoms with van der Waals surface area (Å²) in [4.78, 5) is 13.5. The second-order valence-corrected chi connectivity index (χ2v) is 12.0. The lowest BCUT2D eigenvalue weighted by Crippen LogP contribution is -2.63. The third-order valence-electron chi connectivity index (χ3n) is 7.28. The average Bonchev–Trinajstić information content (AvgIpc) is 3.05. The van der Waals surface area contributed by atoms with Gasteiger partial charge in [0.15, 0.2) is 12.4 Å². The molecule has 0 spiro atoms. The van der Waals surface area contributed by atoms with E-state index in [1.807, 2.05) is 118 Å². The maximum Gasteiger partial charge on any atom is 0.338 e. The van der Waals surface area contributed by atoms with Crippen molar-refractivity contribution in [3.63, 3.8) is 0 Å². The van der Waals surface area contributed by atoms with E-state index in [1.165, 1.54) is 0 Å². The van der Waals surface area contributed by atoms with Gasteiger partial charge in [0.2, 0.25) is 0 Å². The van der Waals surface area contributed by atoms with Gasteiger partial charge in [0.05, 0.1) is 37.6 Å². The Labute approximate surface area is 266 Å². The van der Waals surface area contributed by atoms with Gasteiger partial charge in [-0.05, 0) is 49.6 Å². The number of carbonyl (C=O) groups is 1. The minimum absolute atomic E-state index is 0.211. The SMILES string of the molecule is CC(C)(C)O[C@@H]1OC(COCc2ccccc2)[C@@H](OCc2ccccc2)C(OCc2ccccc2)C1OC(=O)c1ccccc1. The summed E-state index contributed by atoms with van der Waals surface area (Å²) in [7, 11) is 0. The largest absolute Gasteiger partial charge is 0.450 e. The zero-order valence-electron chi connectivity index (χ0n) is 26.1. The van der Waals surface area contributed by atoms with Crippen LogP contribution in [-0.4, -0.2) is 48.9 Å². The van der Waals surface area contributed by atoms with Crippen molar-refractivity contribution < 1.29 is 33.2 Å². The molecule has 45 heavy (non-hydrogen) atoms. The topological polar surface area (TPSA) is 72.5 Å². The molecule has 0 amide bonds. The molecule has 0 N–H and O–H groups in total. The Kier molecular flexibility index (Phi) is 11.5. The minimum Gasteiger partial charge on any atom is -0.450 e. The highest BCUT2D eigenvalue weighted by molar-refractivity contribution is 5.89. The van der Waals surface area contributed by atoms with Crippen LogP contribution in [0, 0.1) is 0 Å². The average molecular weight is 611 g/mol. The summed E-state index contributed by atoms with van der Waals surface area (Å²) >= 11 is 0. The molecular formula is C38H42O7. The Balaban J connectivity index is 1.47. The van der Waals surface area contributed by atoms with Crippen molar-refractivity contribution in [2.24, 2.45) is 0 Å². The second kappa shape index (κ2) is 15.9. The number of carbonyl (C=O) groups excluding carboxylic acids is 1. The molecule has 5 rings (SSSR count). The molecule has 1 aliphatic heterocycles. The van der Waals surface area contributed by atoms with Crippen LogP contribution < -0.4 is 0 Å². The molecule has 0 radical (unpaired) electrons. The van der Waals surface area contributed by atoms with Gasteiger partial charge in [-0.3, -0.25) is 0 Å². The summed E-state index contributed by atoms with van der Waals surface area (Å²) in [6.07, 6.45) is -3.87. The van der Waals surface area contributed by atoms with E-state index in [0.717, 1.165) is 16.7 Å². The maximum atomic E-state index is 13.5. The van der Waals surface area contributed by atoms with Gasteiger partial charge in [-0.15, -0.1) is 0 Å². The molecule has 4 aromatic carbocycles. The van der Waals surface area contributed by atoms with Crippen LogP contribution in [0.25, 0.3) is 0 Å². The summed E-state index contributed by atoms with van der Waals surface area (Å²) in [5.74, 6) is -0.499. The molecule has 3 unspecified atom stereocenters. The number of hydrogen-bond donors (Lipinski definition) is 0. The number of benzene rings is 4. The Hall–Kier alpha value is -3.85. The van der Waals surface area contributed by atoms with Crippen molar-refractivity contribution in [3.8, 4) is 0 Å². The first kappa shape index (κ1) is 32.5. The highest BCUT2D eigenvalue weighted by Crippen LogP contribution is 2.33. The van der Waals surface area contributed by atoms with Gasteiger partial charge in [-0.25, -0.2) is 4.79 Å². The third kappa shape index (κ3) is 9.82. The summed E-state index contributed by atoms with van der Waals surface area (Å²) in [5, 5.41) is 0. The monoisotopic (exact) mass is 610 g/mol. The van der Waals surface area contributed by atoms with Crippen LogP contribution in [0.5, 0.6) is 0 Å². The summed E-state index contributed by atoms with van der Waals surface area (Å²) < 4.78 is 38.7. The van der Waals surface area contributed by atoms with Crippen molar-refractivity contribution in [3.05, 3.63) is 144 Å². The molecule has 0 aromatic heterocycles. The van der Waals surface area contributed by atoms with Gasteiger partial charge in [0.1, 0.15) is 18.3 Å². The maximum absolute atomic E-state index is 13.5. The molecule has 7 nitrogen and oxygen atoms in total. The molecular weight excluding hydrogens is 568 g/mol. The van der Waals surface area contributed by atoms with Crippen molar-refractivity contribution >= 4 is 5.97 Å². The molecule has 7 heteroatoms. The Morgan fingerprint density at radius 3 is 1.60 bits per heavy atom. The van der Waals surface area contributed by atoms with Gasteiger partial charge in [0, 0.05) is 0 Å². The van der Waals surface area contributed by atoms with E-state index in [4.69, 9.17) is 28.4 Å². The Bertz CT molecular complexity index is 1420. The van der Waals surface area contributed by atoms with E-state index in [1.54, 1.807) is 24.3 Å². The molecule has 5 atom stereocenters. The van der Waals surface area contributed by atoms with Crippen molar-refractivity contribution in [1.82, 2.24) is 0 Å². The number of esters is 1. The molecule has 1 heterocycles. The van der Waals surface area contributed by atoms with Crippen LogP contribution >= 0.6 is 0 Å². The van der Waals surface area contributed by atoms with Crippen LogP contribution in [0.2, 0.25) is 0 Å². The lowest BCUT2D eigenvalue weighted by atomic mass is 9.97. The third-order valence-corrected chi connectivity index (χ3v) is 7.28.